The van der Waals surface area contributed by atoms with Crippen molar-refractivity contribution < 1.29 is 4.89 Å². The van der Waals surface area contributed by atoms with E-state index in [-0.39, 0.29) is 0 Å². The number of nitrogens with zero attached hydrogens (tertiary/aromatic N) is 2. The van der Waals surface area contributed by atoms with E-state index in [0.717, 1.165) is 60.4 Å². The lowest BCUT2D eigenvalue weighted by atomic mass is 9.96. The lowest BCUT2D eigenvalue weighted by Crippen LogP contribution is -2.30. The molecule has 3 nitrogen and oxygen atoms in total. The van der Waals surface area contributed by atoms with Gasteiger partial charge in [-0.1, -0.05) is 127 Å². The van der Waals surface area contributed by atoms with Crippen molar-refractivity contribution in [1.82, 2.24) is 9.38 Å². The normalized spacial score (nSPS) is 12.0. The van der Waals surface area contributed by atoms with Crippen LogP contribution in [-0.4, -0.2) is 14.3 Å². The summed E-state index contributed by atoms with van der Waals surface area (Å²) in [6.07, 6.45) is 0. The fraction of sp³-hybridized carbons (Fsp3) is 0. The van der Waals surface area contributed by atoms with Crippen LogP contribution in [0.15, 0.2) is 188 Å². The number of aromatic nitrogens is 2. The second kappa shape index (κ2) is 11.7. The summed E-state index contributed by atoms with van der Waals surface area (Å²) >= 11 is 0. The Labute approximate surface area is 296 Å². The summed E-state index contributed by atoms with van der Waals surface area (Å²) in [6.45, 7) is 0. The third-order valence-electron chi connectivity index (χ3n) is 10.3. The van der Waals surface area contributed by atoms with Crippen LogP contribution in [0.2, 0.25) is 0 Å². The molecular weight excluding hydrogens is 640 g/mol. The Morgan fingerprint density at radius 3 is 1.76 bits per heavy atom. The van der Waals surface area contributed by atoms with E-state index in [1.54, 1.807) is 0 Å². The number of fused-ring (bicyclic) bond motifs is 10. The minimum Gasteiger partial charge on any atom is -0.292 e. The standard InChI is InChI=1S/C47H32N2OP/c50-51(37-15-3-1-4-16-37,38-17-5-2-6-18-38)39-26-22-32(23-27-39)34-13-11-14-35(30-34)36-25-28-41-42-29-24-33-12-7-8-19-40(33)46(42)47-48-43-20-9-10-21-44(43)49(47)45(41)31-36/h1-31,50H/q+1. The van der Waals surface area contributed by atoms with Gasteiger partial charge in [-0.15, -0.1) is 0 Å². The van der Waals surface area contributed by atoms with Crippen molar-refractivity contribution >= 4 is 72.5 Å². The summed E-state index contributed by atoms with van der Waals surface area (Å²) in [4.78, 5) is 17.6. The van der Waals surface area contributed by atoms with Crippen molar-refractivity contribution in [2.24, 2.45) is 0 Å². The van der Waals surface area contributed by atoms with Crippen LogP contribution in [0, 0.1) is 0 Å². The van der Waals surface area contributed by atoms with Crippen molar-refractivity contribution in [1.29, 1.82) is 0 Å². The first kappa shape index (κ1) is 29.8. The largest absolute Gasteiger partial charge is 0.292 e. The molecule has 10 aromatic rings. The summed E-state index contributed by atoms with van der Waals surface area (Å²) in [6, 6.07) is 65.7. The predicted molar refractivity (Wildman–Crippen MR) is 217 cm³/mol. The first-order valence-corrected chi connectivity index (χ1v) is 19.0. The van der Waals surface area contributed by atoms with E-state index in [1.165, 1.54) is 26.9 Å². The first-order chi connectivity index (χ1) is 25.2. The molecule has 0 unspecified atom stereocenters. The molecule has 0 spiro atoms. The van der Waals surface area contributed by atoms with Crippen LogP contribution >= 0.6 is 7.49 Å². The second-order valence-electron chi connectivity index (χ2n) is 13.1. The van der Waals surface area contributed by atoms with Gasteiger partial charge in [-0.2, -0.15) is 0 Å². The molecular formula is C47H32N2OP+. The van der Waals surface area contributed by atoms with Crippen LogP contribution in [0.4, 0.5) is 0 Å². The van der Waals surface area contributed by atoms with Gasteiger partial charge < -0.3 is 0 Å². The van der Waals surface area contributed by atoms with Crippen LogP contribution in [0.3, 0.4) is 0 Å². The minimum atomic E-state index is -2.79. The molecule has 0 radical (unpaired) electrons. The summed E-state index contributed by atoms with van der Waals surface area (Å²) in [5.41, 5.74) is 8.74. The molecule has 0 amide bonds. The summed E-state index contributed by atoms with van der Waals surface area (Å²) in [5.74, 6) is 0. The van der Waals surface area contributed by atoms with Gasteiger partial charge in [0.15, 0.2) is 0 Å². The summed E-state index contributed by atoms with van der Waals surface area (Å²) < 4.78 is 2.34. The molecule has 0 aliphatic rings. The second-order valence-corrected chi connectivity index (χ2v) is 16.0. The number of hydrogen-bond acceptors (Lipinski definition) is 2. The van der Waals surface area contributed by atoms with E-state index in [9.17, 15) is 4.89 Å². The Balaban J connectivity index is 1.10. The van der Waals surface area contributed by atoms with Gasteiger partial charge in [-0.05, 0) is 99.1 Å². The SMILES string of the molecule is O[P+](c1ccccc1)(c1ccccc1)c1ccc(-c2cccc(-c3ccc4c5ccc6ccccc6c5c5nc6ccccc6n5c4c3)c2)cc1. The summed E-state index contributed by atoms with van der Waals surface area (Å²) in [7, 11) is -2.79. The number of hydrogen-bond donors (Lipinski definition) is 1. The molecule has 2 heterocycles. The monoisotopic (exact) mass is 671 g/mol. The van der Waals surface area contributed by atoms with Gasteiger partial charge in [0, 0.05) is 10.8 Å². The van der Waals surface area contributed by atoms with Crippen molar-refractivity contribution in [3.63, 3.8) is 0 Å². The Morgan fingerprint density at radius 1 is 0.412 bits per heavy atom. The van der Waals surface area contributed by atoms with E-state index in [2.05, 4.69) is 132 Å². The molecule has 0 atom stereocenters. The molecule has 0 aliphatic carbocycles. The Morgan fingerprint density at radius 2 is 1.00 bits per heavy atom. The highest BCUT2D eigenvalue weighted by atomic mass is 31.2. The number of para-hydroxylation sites is 2. The van der Waals surface area contributed by atoms with Crippen LogP contribution in [0.1, 0.15) is 0 Å². The van der Waals surface area contributed by atoms with Gasteiger partial charge in [0.05, 0.1) is 16.6 Å². The van der Waals surface area contributed by atoms with Crippen LogP contribution in [-0.2, 0) is 0 Å². The average molecular weight is 672 g/mol. The highest BCUT2D eigenvalue weighted by Crippen LogP contribution is 2.51. The quantitative estimate of drug-likeness (QED) is 0.146. The lowest BCUT2D eigenvalue weighted by Gasteiger charge is -2.20. The highest BCUT2D eigenvalue weighted by molar-refractivity contribution is 7.91. The van der Waals surface area contributed by atoms with Gasteiger partial charge >= 0.3 is 0 Å². The smallest absolute Gasteiger partial charge is 0.238 e. The fourth-order valence-corrected chi connectivity index (χ4v) is 10.5. The molecule has 1 N–H and O–H groups in total. The summed E-state index contributed by atoms with van der Waals surface area (Å²) in [5, 5.41) is 8.86. The van der Waals surface area contributed by atoms with Gasteiger partial charge in [-0.3, -0.25) is 4.40 Å². The van der Waals surface area contributed by atoms with Gasteiger partial charge in [-0.25, -0.2) is 9.88 Å². The Kier molecular flexibility index (Phi) is 6.86. The van der Waals surface area contributed by atoms with Crippen LogP contribution in [0.5, 0.6) is 0 Å². The predicted octanol–water partition coefficient (Wildman–Crippen LogP) is 10.5. The molecule has 240 valence electrons. The molecule has 0 saturated carbocycles. The third kappa shape index (κ3) is 4.71. The molecule has 0 bridgehead atoms. The van der Waals surface area contributed by atoms with Crippen molar-refractivity contribution in [3.05, 3.63) is 188 Å². The molecule has 4 heteroatoms. The van der Waals surface area contributed by atoms with Gasteiger partial charge in [0.2, 0.25) is 7.49 Å². The maximum absolute atomic E-state index is 12.4. The van der Waals surface area contributed by atoms with E-state index in [1.807, 2.05) is 60.7 Å². The number of rotatable bonds is 5. The van der Waals surface area contributed by atoms with E-state index in [4.69, 9.17) is 4.98 Å². The molecule has 0 aliphatic heterocycles. The lowest BCUT2D eigenvalue weighted by molar-refractivity contribution is 0.633. The topological polar surface area (TPSA) is 37.5 Å². The third-order valence-corrected chi connectivity index (χ3v) is 13.4. The first-order valence-electron chi connectivity index (χ1n) is 17.3. The minimum absolute atomic E-state index is 0.936. The Hall–Kier alpha value is -6.12. The maximum atomic E-state index is 12.4. The zero-order valence-electron chi connectivity index (χ0n) is 27.7. The van der Waals surface area contributed by atoms with Crippen LogP contribution in [0.25, 0.3) is 71.4 Å². The molecule has 8 aromatic carbocycles. The van der Waals surface area contributed by atoms with E-state index in [0.29, 0.717) is 0 Å². The van der Waals surface area contributed by atoms with Crippen molar-refractivity contribution in [3.8, 4) is 22.3 Å². The van der Waals surface area contributed by atoms with Crippen molar-refractivity contribution in [2.75, 3.05) is 0 Å². The molecule has 10 rings (SSSR count). The molecule has 51 heavy (non-hydrogen) atoms. The van der Waals surface area contributed by atoms with Gasteiger partial charge in [0.1, 0.15) is 21.6 Å². The number of pyridine rings is 1. The van der Waals surface area contributed by atoms with Crippen molar-refractivity contribution in [2.45, 2.75) is 0 Å². The van der Waals surface area contributed by atoms with Gasteiger partial charge in [0.25, 0.3) is 0 Å². The van der Waals surface area contributed by atoms with E-state index >= 15 is 0 Å². The fourth-order valence-electron chi connectivity index (χ4n) is 7.78. The zero-order valence-corrected chi connectivity index (χ0v) is 28.6. The Bertz CT molecular complexity index is 2880. The maximum Gasteiger partial charge on any atom is 0.238 e. The number of imidazole rings is 1. The highest BCUT2D eigenvalue weighted by Gasteiger charge is 2.44. The zero-order chi connectivity index (χ0) is 33.9. The number of benzene rings is 8. The molecule has 0 fully saturated rings. The van der Waals surface area contributed by atoms with E-state index < -0.39 is 7.49 Å². The molecule has 2 aromatic heterocycles. The molecule has 0 saturated heterocycles. The average Bonchev–Trinajstić information content (AvgIpc) is 3.61. The van der Waals surface area contributed by atoms with Crippen LogP contribution < -0.4 is 15.9 Å².